The van der Waals surface area contributed by atoms with E-state index in [2.05, 4.69) is 5.32 Å². The molecule has 0 aromatic heterocycles. The lowest BCUT2D eigenvalue weighted by Crippen LogP contribution is -2.32. The zero-order valence-corrected chi connectivity index (χ0v) is 11.8. The van der Waals surface area contributed by atoms with Crippen LogP contribution >= 0.6 is 0 Å². The number of amides is 1. The van der Waals surface area contributed by atoms with Gasteiger partial charge in [-0.2, -0.15) is 0 Å². The molecule has 2 aromatic rings. The molecule has 1 atom stereocenters. The van der Waals surface area contributed by atoms with E-state index >= 15 is 0 Å². The van der Waals surface area contributed by atoms with Gasteiger partial charge in [0.2, 0.25) is 5.91 Å². The normalized spacial score (nSPS) is 12.0. The first kappa shape index (κ1) is 14.7. The van der Waals surface area contributed by atoms with Crippen molar-refractivity contribution in [1.82, 2.24) is 5.32 Å². The van der Waals surface area contributed by atoms with Crippen molar-refractivity contribution in [3.8, 4) is 0 Å². The average molecular weight is 279 g/mol. The molecule has 0 fully saturated rings. The third-order valence-corrected chi connectivity index (χ3v) is 3.06. The molecule has 0 aliphatic rings. The summed E-state index contributed by atoms with van der Waals surface area (Å²) in [6.45, 7) is 1.76. The molecular formula is C18H17NO2. The molecule has 0 aliphatic heterocycles. The highest BCUT2D eigenvalue weighted by atomic mass is 16.2. The zero-order chi connectivity index (χ0) is 15.1. The number of carbonyl (C=O) groups is 2. The summed E-state index contributed by atoms with van der Waals surface area (Å²) in [6, 6.07) is 17.5. The standard InChI is InChI=1S/C18H17NO2/c1-2-9-16(20)19-17(14-10-5-3-6-11-14)18(21)15-12-7-4-8-13-15/h2-13,17H,1H3,(H,19,20)/b9-2+. The number of carbonyl (C=O) groups excluding carboxylic acids is 2. The van der Waals surface area contributed by atoms with Gasteiger partial charge in [0.15, 0.2) is 5.78 Å². The van der Waals surface area contributed by atoms with Crippen molar-refractivity contribution in [2.45, 2.75) is 13.0 Å². The van der Waals surface area contributed by atoms with Gasteiger partial charge in [0.25, 0.3) is 0 Å². The summed E-state index contributed by atoms with van der Waals surface area (Å²) < 4.78 is 0. The molecule has 0 saturated heterocycles. The Balaban J connectivity index is 2.32. The second kappa shape index (κ2) is 7.20. The van der Waals surface area contributed by atoms with Crippen LogP contribution in [0.5, 0.6) is 0 Å². The van der Waals surface area contributed by atoms with Crippen molar-refractivity contribution in [2.24, 2.45) is 0 Å². The van der Waals surface area contributed by atoms with E-state index < -0.39 is 6.04 Å². The highest BCUT2D eigenvalue weighted by Crippen LogP contribution is 2.18. The van der Waals surface area contributed by atoms with Crippen molar-refractivity contribution >= 4 is 11.7 Å². The summed E-state index contributed by atoms with van der Waals surface area (Å²) in [5.74, 6) is -0.407. The van der Waals surface area contributed by atoms with Crippen LogP contribution in [0.4, 0.5) is 0 Å². The van der Waals surface area contributed by atoms with Crippen molar-refractivity contribution in [1.29, 1.82) is 0 Å². The van der Waals surface area contributed by atoms with Gasteiger partial charge in [-0.25, -0.2) is 0 Å². The third-order valence-electron chi connectivity index (χ3n) is 3.06. The molecular weight excluding hydrogens is 262 g/mol. The number of ketones is 1. The van der Waals surface area contributed by atoms with Gasteiger partial charge < -0.3 is 5.32 Å². The molecule has 1 amide bonds. The van der Waals surface area contributed by atoms with Gasteiger partial charge in [-0.05, 0) is 18.6 Å². The lowest BCUT2D eigenvalue weighted by atomic mass is 9.97. The molecule has 1 N–H and O–H groups in total. The number of Topliss-reactive ketones (excluding diaryl/α,β-unsaturated/α-hetero) is 1. The Kier molecular flexibility index (Phi) is 5.04. The molecule has 0 bridgehead atoms. The molecule has 3 nitrogen and oxygen atoms in total. The fraction of sp³-hybridized carbons (Fsp3) is 0.111. The number of hydrogen-bond donors (Lipinski definition) is 1. The Hall–Kier alpha value is -2.68. The Labute approximate surface area is 124 Å². The van der Waals surface area contributed by atoms with Crippen LogP contribution in [0.3, 0.4) is 0 Å². The van der Waals surface area contributed by atoms with E-state index in [1.807, 2.05) is 48.5 Å². The fourth-order valence-corrected chi connectivity index (χ4v) is 2.06. The molecule has 21 heavy (non-hydrogen) atoms. The highest BCUT2D eigenvalue weighted by molar-refractivity contribution is 6.03. The zero-order valence-electron chi connectivity index (χ0n) is 11.8. The third kappa shape index (κ3) is 3.89. The SMILES string of the molecule is C/C=C/C(=O)NC(C(=O)c1ccccc1)c1ccccc1. The monoisotopic (exact) mass is 279 g/mol. The maximum absolute atomic E-state index is 12.6. The molecule has 0 radical (unpaired) electrons. The number of allylic oxidation sites excluding steroid dienone is 1. The quantitative estimate of drug-likeness (QED) is 0.674. The molecule has 1 unspecified atom stereocenters. The van der Waals surface area contributed by atoms with Crippen LogP contribution in [-0.4, -0.2) is 11.7 Å². The first-order valence-corrected chi connectivity index (χ1v) is 6.79. The van der Waals surface area contributed by atoms with E-state index in [4.69, 9.17) is 0 Å². The van der Waals surface area contributed by atoms with Gasteiger partial charge in [0, 0.05) is 5.56 Å². The summed E-state index contributed by atoms with van der Waals surface area (Å²) in [4.78, 5) is 24.5. The summed E-state index contributed by atoms with van der Waals surface area (Å²) in [6.07, 6.45) is 3.05. The predicted molar refractivity (Wildman–Crippen MR) is 82.9 cm³/mol. The van der Waals surface area contributed by atoms with Gasteiger partial charge in [-0.15, -0.1) is 0 Å². The van der Waals surface area contributed by atoms with Crippen LogP contribution in [0.15, 0.2) is 72.8 Å². The summed E-state index contributed by atoms with van der Waals surface area (Å²) in [5.41, 5.74) is 1.34. The maximum atomic E-state index is 12.6. The molecule has 2 rings (SSSR count). The number of nitrogens with one attached hydrogen (secondary N) is 1. The number of benzene rings is 2. The van der Waals surface area contributed by atoms with Gasteiger partial charge in [0.05, 0.1) is 0 Å². The number of hydrogen-bond acceptors (Lipinski definition) is 2. The smallest absolute Gasteiger partial charge is 0.244 e. The molecule has 2 aromatic carbocycles. The molecule has 3 heteroatoms. The van der Waals surface area contributed by atoms with Crippen LogP contribution in [0.25, 0.3) is 0 Å². The minimum atomic E-state index is -0.683. The lowest BCUT2D eigenvalue weighted by Gasteiger charge is -2.17. The highest BCUT2D eigenvalue weighted by Gasteiger charge is 2.22. The number of rotatable bonds is 5. The molecule has 0 heterocycles. The fourth-order valence-electron chi connectivity index (χ4n) is 2.06. The Morgan fingerprint density at radius 1 is 0.952 bits per heavy atom. The van der Waals surface area contributed by atoms with E-state index in [0.717, 1.165) is 5.56 Å². The topological polar surface area (TPSA) is 46.2 Å². The summed E-state index contributed by atoms with van der Waals surface area (Å²) in [7, 11) is 0. The second-order valence-corrected chi connectivity index (χ2v) is 4.58. The van der Waals surface area contributed by atoms with Gasteiger partial charge in [0.1, 0.15) is 6.04 Å². The molecule has 0 aliphatic carbocycles. The first-order chi connectivity index (χ1) is 10.2. The van der Waals surface area contributed by atoms with Crippen LogP contribution in [0.1, 0.15) is 28.9 Å². The first-order valence-electron chi connectivity index (χ1n) is 6.79. The predicted octanol–water partition coefficient (Wildman–Crippen LogP) is 3.30. The molecule has 106 valence electrons. The Morgan fingerprint density at radius 3 is 2.10 bits per heavy atom. The largest absolute Gasteiger partial charge is 0.338 e. The Morgan fingerprint density at radius 2 is 1.52 bits per heavy atom. The Bertz CT molecular complexity index is 633. The lowest BCUT2D eigenvalue weighted by molar-refractivity contribution is -0.117. The van der Waals surface area contributed by atoms with Crippen molar-refractivity contribution in [3.63, 3.8) is 0 Å². The van der Waals surface area contributed by atoms with Gasteiger partial charge >= 0.3 is 0 Å². The summed E-state index contributed by atoms with van der Waals surface area (Å²) in [5, 5.41) is 2.76. The van der Waals surface area contributed by atoms with E-state index in [1.165, 1.54) is 6.08 Å². The minimum Gasteiger partial charge on any atom is -0.338 e. The van der Waals surface area contributed by atoms with Crippen molar-refractivity contribution < 1.29 is 9.59 Å². The molecule has 0 spiro atoms. The van der Waals surface area contributed by atoms with Crippen LogP contribution in [-0.2, 0) is 4.79 Å². The van der Waals surface area contributed by atoms with Gasteiger partial charge in [-0.3, -0.25) is 9.59 Å². The van der Waals surface area contributed by atoms with E-state index in [9.17, 15) is 9.59 Å². The minimum absolute atomic E-state index is 0.125. The van der Waals surface area contributed by atoms with Gasteiger partial charge in [-0.1, -0.05) is 66.7 Å². The summed E-state index contributed by atoms with van der Waals surface area (Å²) >= 11 is 0. The van der Waals surface area contributed by atoms with E-state index in [0.29, 0.717) is 5.56 Å². The van der Waals surface area contributed by atoms with Crippen molar-refractivity contribution in [3.05, 3.63) is 83.9 Å². The van der Waals surface area contributed by atoms with Crippen LogP contribution in [0, 0.1) is 0 Å². The van der Waals surface area contributed by atoms with Crippen molar-refractivity contribution in [2.75, 3.05) is 0 Å². The second-order valence-electron chi connectivity index (χ2n) is 4.58. The van der Waals surface area contributed by atoms with Crippen LogP contribution < -0.4 is 5.32 Å². The molecule has 0 saturated carbocycles. The maximum Gasteiger partial charge on any atom is 0.244 e. The van der Waals surface area contributed by atoms with Crippen LogP contribution in [0.2, 0.25) is 0 Å². The van der Waals surface area contributed by atoms with E-state index in [1.54, 1.807) is 25.1 Å². The van der Waals surface area contributed by atoms with E-state index in [-0.39, 0.29) is 11.7 Å². The average Bonchev–Trinajstić information content (AvgIpc) is 2.54.